The van der Waals surface area contributed by atoms with E-state index in [9.17, 15) is 4.79 Å². The molecule has 0 fully saturated rings. The van der Waals surface area contributed by atoms with Gasteiger partial charge in [0.2, 0.25) is 5.91 Å². The average Bonchev–Trinajstić information content (AvgIpc) is 3.30. The van der Waals surface area contributed by atoms with Crippen molar-refractivity contribution in [1.82, 2.24) is 25.3 Å². The number of aromatic amines is 1. The van der Waals surface area contributed by atoms with Crippen molar-refractivity contribution in [3.05, 3.63) is 71.0 Å². The Balaban J connectivity index is 1.32. The first-order chi connectivity index (χ1) is 18.3. The molecule has 0 atom stereocenters. The molecule has 4 aromatic rings. The molecule has 38 heavy (non-hydrogen) atoms. The number of methoxy groups -OCH3 is 1. The number of ether oxygens (including phenoxy) is 3. The molecule has 0 saturated heterocycles. The Hall–Kier alpha value is -3.79. The molecule has 2 N–H and O–H groups in total. The predicted molar refractivity (Wildman–Crippen MR) is 145 cm³/mol. The van der Waals surface area contributed by atoms with Crippen molar-refractivity contribution in [2.45, 2.75) is 25.8 Å². The first-order valence-electron chi connectivity index (χ1n) is 12.2. The third-order valence-electron chi connectivity index (χ3n) is 6.22. The number of amides is 1. The molecule has 0 spiro atoms. The van der Waals surface area contributed by atoms with Crippen molar-refractivity contribution in [3.8, 4) is 23.0 Å². The Bertz CT molecular complexity index is 1480. The normalized spacial score (nSPS) is 13.8. The number of imidazole rings is 1. The number of nitrogens with one attached hydrogen (secondary N) is 2. The van der Waals surface area contributed by atoms with E-state index < -0.39 is 5.54 Å². The topological polar surface area (TPSA) is 111 Å². The van der Waals surface area contributed by atoms with Crippen molar-refractivity contribution < 1.29 is 19.0 Å². The van der Waals surface area contributed by atoms with Gasteiger partial charge in [0.15, 0.2) is 5.65 Å². The van der Waals surface area contributed by atoms with E-state index in [0.29, 0.717) is 39.9 Å². The Kier molecular flexibility index (Phi) is 7.42. The van der Waals surface area contributed by atoms with Crippen LogP contribution in [0.3, 0.4) is 0 Å². The summed E-state index contributed by atoms with van der Waals surface area (Å²) in [7, 11) is 1.48. The van der Waals surface area contributed by atoms with Crippen LogP contribution in [0.2, 0.25) is 5.02 Å². The van der Waals surface area contributed by atoms with E-state index in [1.807, 2.05) is 26.0 Å². The molecule has 4 heterocycles. The predicted octanol–water partition coefficient (Wildman–Crippen LogP) is 5.27. The van der Waals surface area contributed by atoms with E-state index in [4.69, 9.17) is 25.8 Å². The highest BCUT2D eigenvalue weighted by molar-refractivity contribution is 6.33. The van der Waals surface area contributed by atoms with Gasteiger partial charge in [-0.15, -0.1) is 0 Å². The van der Waals surface area contributed by atoms with E-state index in [0.717, 1.165) is 18.6 Å². The van der Waals surface area contributed by atoms with Gasteiger partial charge in [0.05, 0.1) is 46.9 Å². The number of rotatable bonds is 8. The third kappa shape index (κ3) is 5.70. The van der Waals surface area contributed by atoms with Crippen LogP contribution >= 0.6 is 11.6 Å². The number of pyridine rings is 2. The number of halogens is 1. The summed E-state index contributed by atoms with van der Waals surface area (Å²) in [5.41, 5.74) is 5.15. The molecule has 0 aliphatic carbocycles. The number of nitrogens with zero attached hydrogens (tertiary/aromatic N) is 3. The van der Waals surface area contributed by atoms with Crippen LogP contribution in [0.25, 0.3) is 28.0 Å². The molecule has 0 bridgehead atoms. The second-order valence-corrected chi connectivity index (χ2v) is 9.86. The molecule has 1 aliphatic rings. The molecule has 196 valence electrons. The number of H-pyrrole nitrogens is 1. The van der Waals surface area contributed by atoms with E-state index in [2.05, 4.69) is 43.5 Å². The second kappa shape index (κ2) is 10.9. The molecular formula is C28H28ClN5O4. The summed E-state index contributed by atoms with van der Waals surface area (Å²) in [6, 6.07) is 13.8. The summed E-state index contributed by atoms with van der Waals surface area (Å²) in [5.74, 6) is 0.260. The van der Waals surface area contributed by atoms with Crippen LogP contribution in [0, 0.1) is 0 Å². The van der Waals surface area contributed by atoms with Crippen molar-refractivity contribution in [1.29, 1.82) is 0 Å². The first kappa shape index (κ1) is 25.8. The summed E-state index contributed by atoms with van der Waals surface area (Å²) < 4.78 is 16.2. The minimum Gasteiger partial charge on any atom is -0.424 e. The number of hydrogen-bond acceptors (Lipinski definition) is 7. The van der Waals surface area contributed by atoms with E-state index in [1.165, 1.54) is 18.2 Å². The summed E-state index contributed by atoms with van der Waals surface area (Å²) in [5, 5.41) is 3.40. The lowest BCUT2D eigenvalue weighted by Crippen LogP contribution is -2.43. The van der Waals surface area contributed by atoms with Crippen LogP contribution in [0.15, 0.2) is 54.7 Å². The highest BCUT2D eigenvalue weighted by Gasteiger charge is 2.24. The second-order valence-electron chi connectivity index (χ2n) is 9.45. The summed E-state index contributed by atoms with van der Waals surface area (Å²) in [6.45, 7) is 5.11. The van der Waals surface area contributed by atoms with E-state index in [-0.39, 0.29) is 18.5 Å². The minimum atomic E-state index is -0.676. The fourth-order valence-electron chi connectivity index (χ4n) is 4.28. The van der Waals surface area contributed by atoms with Gasteiger partial charge in [0.1, 0.15) is 12.4 Å². The zero-order chi connectivity index (χ0) is 26.7. The molecular weight excluding hydrogens is 506 g/mol. The SMILES string of the molecule is COCC(=O)NC(C)(C)c1ccc(Oc2nc3nc(-c4ccc(C5=CCOCC5)cc4)c(Cl)cc3[nH]2)cn1. The number of aromatic nitrogens is 4. The maximum absolute atomic E-state index is 11.9. The van der Waals surface area contributed by atoms with Gasteiger partial charge < -0.3 is 24.5 Å². The summed E-state index contributed by atoms with van der Waals surface area (Å²) >= 11 is 6.58. The van der Waals surface area contributed by atoms with Crippen LogP contribution in [-0.4, -0.2) is 52.8 Å². The lowest BCUT2D eigenvalue weighted by molar-refractivity contribution is -0.126. The molecule has 0 unspecified atom stereocenters. The highest BCUT2D eigenvalue weighted by Crippen LogP contribution is 2.32. The van der Waals surface area contributed by atoms with Crippen molar-refractivity contribution >= 4 is 34.2 Å². The van der Waals surface area contributed by atoms with Gasteiger partial charge in [-0.1, -0.05) is 41.9 Å². The van der Waals surface area contributed by atoms with Crippen molar-refractivity contribution in [2.24, 2.45) is 0 Å². The molecule has 0 radical (unpaired) electrons. The molecule has 3 aromatic heterocycles. The Labute approximate surface area is 225 Å². The minimum absolute atomic E-state index is 0.0180. The quantitative estimate of drug-likeness (QED) is 0.317. The fraction of sp³-hybridized carbons (Fsp3) is 0.286. The van der Waals surface area contributed by atoms with Crippen LogP contribution in [0.4, 0.5) is 0 Å². The van der Waals surface area contributed by atoms with Crippen LogP contribution in [-0.2, 0) is 19.8 Å². The zero-order valence-corrected chi connectivity index (χ0v) is 22.1. The largest absolute Gasteiger partial charge is 0.424 e. The maximum atomic E-state index is 11.9. The number of benzene rings is 1. The van der Waals surface area contributed by atoms with Crippen LogP contribution in [0.1, 0.15) is 31.5 Å². The van der Waals surface area contributed by atoms with Gasteiger partial charge in [-0.25, -0.2) is 4.98 Å². The molecule has 0 saturated carbocycles. The molecule has 1 aliphatic heterocycles. The average molecular weight is 534 g/mol. The van der Waals surface area contributed by atoms with Gasteiger partial charge in [-0.2, -0.15) is 4.98 Å². The van der Waals surface area contributed by atoms with Gasteiger partial charge in [-0.3, -0.25) is 9.78 Å². The number of hydrogen-bond donors (Lipinski definition) is 2. The van der Waals surface area contributed by atoms with E-state index in [1.54, 1.807) is 24.4 Å². The zero-order valence-electron chi connectivity index (χ0n) is 21.4. The smallest absolute Gasteiger partial charge is 0.301 e. The number of carbonyl (C=O) groups excluding carboxylic acids is 1. The van der Waals surface area contributed by atoms with Gasteiger partial charge in [0.25, 0.3) is 0 Å². The molecule has 9 nitrogen and oxygen atoms in total. The lowest BCUT2D eigenvalue weighted by atomic mass is 9.99. The summed E-state index contributed by atoms with van der Waals surface area (Å²) in [6.07, 6.45) is 4.60. The first-order valence-corrected chi connectivity index (χ1v) is 12.6. The molecule has 10 heteroatoms. The van der Waals surface area contributed by atoms with Crippen molar-refractivity contribution in [3.63, 3.8) is 0 Å². The maximum Gasteiger partial charge on any atom is 0.301 e. The summed E-state index contributed by atoms with van der Waals surface area (Å²) in [4.78, 5) is 28.6. The number of carbonyl (C=O) groups is 1. The monoisotopic (exact) mass is 533 g/mol. The van der Waals surface area contributed by atoms with Gasteiger partial charge in [0, 0.05) is 12.7 Å². The molecule has 1 aromatic carbocycles. The number of fused-ring (bicyclic) bond motifs is 1. The highest BCUT2D eigenvalue weighted by atomic mass is 35.5. The van der Waals surface area contributed by atoms with Crippen LogP contribution < -0.4 is 10.1 Å². The van der Waals surface area contributed by atoms with Crippen molar-refractivity contribution in [2.75, 3.05) is 26.9 Å². The van der Waals surface area contributed by atoms with Crippen LogP contribution in [0.5, 0.6) is 11.8 Å². The Morgan fingerprint density at radius 3 is 2.63 bits per heavy atom. The Morgan fingerprint density at radius 2 is 1.95 bits per heavy atom. The van der Waals surface area contributed by atoms with Gasteiger partial charge >= 0.3 is 6.01 Å². The lowest BCUT2D eigenvalue weighted by Gasteiger charge is -2.25. The molecule has 5 rings (SSSR count). The Morgan fingerprint density at radius 1 is 1.16 bits per heavy atom. The van der Waals surface area contributed by atoms with Gasteiger partial charge in [-0.05, 0) is 49.6 Å². The van der Waals surface area contributed by atoms with E-state index >= 15 is 0 Å². The molecule has 1 amide bonds. The standard InChI is InChI=1S/C28H28ClN5O4/c1-28(2,34-24(35)16-36-3)23-9-8-20(15-30-23)38-27-31-22-14-21(29)25(32-26(22)33-27)19-6-4-17(5-7-19)18-10-12-37-13-11-18/h4-10,14-15H,11-13,16H2,1-3H3,(H,34,35)(H,31,32,33). The third-order valence-corrected chi connectivity index (χ3v) is 6.50. The fourth-order valence-corrected chi connectivity index (χ4v) is 4.54.